The molecule has 140 valence electrons. The molecule has 1 aliphatic heterocycles. The fraction of sp³-hybridized carbons (Fsp3) is 0.476. The van der Waals surface area contributed by atoms with Crippen LogP contribution in [-0.4, -0.2) is 35.8 Å². The van der Waals surface area contributed by atoms with Gasteiger partial charge in [0, 0.05) is 5.69 Å². The number of allylic oxidation sites excluding steroid dienone is 2. The van der Waals surface area contributed by atoms with Gasteiger partial charge in [0.25, 0.3) is 0 Å². The molecule has 1 aromatic carbocycles. The van der Waals surface area contributed by atoms with Crippen molar-refractivity contribution in [3.8, 4) is 5.75 Å². The zero-order chi connectivity index (χ0) is 18.9. The number of nitrogens with zero attached hydrogens (tertiary/aromatic N) is 1. The Bertz CT molecular complexity index is 825. The fourth-order valence-electron chi connectivity index (χ4n) is 5.40. The van der Waals surface area contributed by atoms with Gasteiger partial charge in [0.05, 0.1) is 18.9 Å². The normalized spacial score (nSPS) is 36.3. The molecular weight excluding hydrogens is 344 g/mol. The highest BCUT2D eigenvalue weighted by Gasteiger charge is 2.67. The number of hydrogen-bond acceptors (Lipinski definition) is 4. The zero-order valence-corrected chi connectivity index (χ0v) is 15.3. The SMILES string of the molecule is COc1ccc(NC(=O)[C@H](C)N2C(=O)[C@@H]3[C@H]4C=C[C@@H]([C@@H]5C[C@@H]45)[C@@H]3C2=O)cc1. The number of likely N-dealkylation sites (tertiary alicyclic amines) is 1. The van der Waals surface area contributed by atoms with E-state index in [9.17, 15) is 14.4 Å². The van der Waals surface area contributed by atoms with E-state index < -0.39 is 6.04 Å². The van der Waals surface area contributed by atoms with Gasteiger partial charge in [-0.1, -0.05) is 12.2 Å². The minimum atomic E-state index is -0.826. The van der Waals surface area contributed by atoms with Crippen LogP contribution in [0.5, 0.6) is 5.75 Å². The molecule has 6 rings (SSSR count). The van der Waals surface area contributed by atoms with Gasteiger partial charge in [-0.25, -0.2) is 0 Å². The average Bonchev–Trinajstić information content (AvgIpc) is 3.46. The van der Waals surface area contributed by atoms with Crippen molar-refractivity contribution >= 4 is 23.4 Å². The molecule has 0 spiro atoms. The highest BCUT2D eigenvalue weighted by Crippen LogP contribution is 2.65. The number of rotatable bonds is 4. The monoisotopic (exact) mass is 366 g/mol. The third-order valence-electron chi connectivity index (χ3n) is 6.82. The Hall–Kier alpha value is -2.63. The van der Waals surface area contributed by atoms with E-state index in [-0.39, 0.29) is 41.4 Å². The molecular formula is C21H22N2O4. The van der Waals surface area contributed by atoms with E-state index in [1.165, 1.54) is 4.90 Å². The van der Waals surface area contributed by atoms with Gasteiger partial charge in [0.15, 0.2) is 0 Å². The third-order valence-corrected chi connectivity index (χ3v) is 6.82. The maximum absolute atomic E-state index is 13.1. The van der Waals surface area contributed by atoms with Crippen molar-refractivity contribution in [3.05, 3.63) is 36.4 Å². The van der Waals surface area contributed by atoms with Crippen LogP contribution in [0.3, 0.4) is 0 Å². The molecule has 0 aromatic heterocycles. The van der Waals surface area contributed by atoms with Crippen LogP contribution in [-0.2, 0) is 14.4 Å². The van der Waals surface area contributed by atoms with Crippen LogP contribution in [0.1, 0.15) is 13.3 Å². The number of amides is 3. The van der Waals surface area contributed by atoms with Crippen molar-refractivity contribution in [2.75, 3.05) is 12.4 Å². The van der Waals surface area contributed by atoms with Crippen molar-refractivity contribution < 1.29 is 19.1 Å². The average molecular weight is 366 g/mol. The number of imide groups is 1. The molecule has 4 aliphatic carbocycles. The van der Waals surface area contributed by atoms with Crippen LogP contribution in [0.4, 0.5) is 5.69 Å². The fourth-order valence-corrected chi connectivity index (χ4v) is 5.40. The Balaban J connectivity index is 1.34. The lowest BCUT2D eigenvalue weighted by Gasteiger charge is -2.37. The summed E-state index contributed by atoms with van der Waals surface area (Å²) in [6.45, 7) is 1.63. The number of carbonyl (C=O) groups is 3. The Morgan fingerprint density at radius 3 is 2.15 bits per heavy atom. The number of hydrogen-bond donors (Lipinski definition) is 1. The molecule has 3 fully saturated rings. The molecule has 6 heteroatoms. The van der Waals surface area contributed by atoms with E-state index in [4.69, 9.17) is 4.74 Å². The predicted molar refractivity (Wildman–Crippen MR) is 97.6 cm³/mol. The molecule has 6 nitrogen and oxygen atoms in total. The third kappa shape index (κ3) is 2.28. The first-order valence-electron chi connectivity index (χ1n) is 9.51. The number of benzene rings is 1. The molecule has 5 aliphatic rings. The Morgan fingerprint density at radius 2 is 1.63 bits per heavy atom. The number of ether oxygens (including phenoxy) is 1. The lowest BCUT2D eigenvalue weighted by molar-refractivity contribution is -0.146. The van der Waals surface area contributed by atoms with Gasteiger partial charge in [-0.3, -0.25) is 19.3 Å². The Labute approximate surface area is 157 Å². The summed E-state index contributed by atoms with van der Waals surface area (Å²) in [7, 11) is 1.58. The maximum Gasteiger partial charge on any atom is 0.247 e. The predicted octanol–water partition coefficient (Wildman–Crippen LogP) is 2.08. The minimum absolute atomic E-state index is 0.170. The maximum atomic E-state index is 13.1. The highest BCUT2D eigenvalue weighted by atomic mass is 16.5. The van der Waals surface area contributed by atoms with E-state index in [1.54, 1.807) is 38.3 Å². The first-order valence-corrected chi connectivity index (χ1v) is 9.51. The number of methoxy groups -OCH3 is 1. The molecule has 27 heavy (non-hydrogen) atoms. The van der Waals surface area contributed by atoms with Crippen LogP contribution in [0.15, 0.2) is 36.4 Å². The summed E-state index contributed by atoms with van der Waals surface area (Å²) < 4.78 is 5.11. The smallest absolute Gasteiger partial charge is 0.247 e. The lowest BCUT2D eigenvalue weighted by atomic mass is 9.63. The van der Waals surface area contributed by atoms with Crippen LogP contribution in [0.25, 0.3) is 0 Å². The van der Waals surface area contributed by atoms with Gasteiger partial charge in [-0.15, -0.1) is 0 Å². The first kappa shape index (κ1) is 16.5. The van der Waals surface area contributed by atoms with Gasteiger partial charge in [0.1, 0.15) is 11.8 Å². The van der Waals surface area contributed by atoms with Crippen molar-refractivity contribution in [2.24, 2.45) is 35.5 Å². The first-order chi connectivity index (χ1) is 13.0. The summed E-state index contributed by atoms with van der Waals surface area (Å²) >= 11 is 0. The Morgan fingerprint density at radius 1 is 1.07 bits per heavy atom. The van der Waals surface area contributed by atoms with Crippen molar-refractivity contribution in [2.45, 2.75) is 19.4 Å². The topological polar surface area (TPSA) is 75.7 Å². The summed E-state index contributed by atoms with van der Waals surface area (Å²) in [5.74, 6) is 0.899. The highest BCUT2D eigenvalue weighted by molar-refractivity contribution is 6.10. The molecule has 1 aromatic rings. The van der Waals surface area contributed by atoms with E-state index in [1.807, 2.05) is 0 Å². The van der Waals surface area contributed by atoms with Crippen LogP contribution in [0.2, 0.25) is 0 Å². The quantitative estimate of drug-likeness (QED) is 0.654. The summed E-state index contributed by atoms with van der Waals surface area (Å²) in [6, 6.07) is 6.13. The second kappa shape index (κ2) is 5.68. The van der Waals surface area contributed by atoms with E-state index in [0.29, 0.717) is 23.3 Å². The van der Waals surface area contributed by atoms with Gasteiger partial charge in [0.2, 0.25) is 17.7 Å². The molecule has 1 heterocycles. The van der Waals surface area contributed by atoms with Gasteiger partial charge < -0.3 is 10.1 Å². The summed E-state index contributed by atoms with van der Waals surface area (Å²) in [6.07, 6.45) is 5.40. The van der Waals surface area contributed by atoms with Crippen molar-refractivity contribution in [1.82, 2.24) is 4.90 Å². The molecule has 0 radical (unpaired) electrons. The van der Waals surface area contributed by atoms with Gasteiger partial charge >= 0.3 is 0 Å². The molecule has 2 bridgehead atoms. The van der Waals surface area contributed by atoms with Gasteiger partial charge in [-0.05, 0) is 61.3 Å². The van der Waals surface area contributed by atoms with E-state index >= 15 is 0 Å². The van der Waals surface area contributed by atoms with Crippen molar-refractivity contribution in [3.63, 3.8) is 0 Å². The van der Waals surface area contributed by atoms with Crippen molar-refractivity contribution in [1.29, 1.82) is 0 Å². The Kier molecular flexibility index (Phi) is 3.48. The van der Waals surface area contributed by atoms with E-state index in [2.05, 4.69) is 17.5 Å². The molecule has 2 saturated carbocycles. The second-order valence-corrected chi connectivity index (χ2v) is 8.09. The van der Waals surface area contributed by atoms with E-state index in [0.717, 1.165) is 6.42 Å². The summed E-state index contributed by atoms with van der Waals surface area (Å²) in [5.41, 5.74) is 0.604. The standard InChI is InChI=1S/C21H22N2O4/c1-10(19(24)22-11-3-5-12(27-2)6-4-11)23-20(25)17-13-7-8-14(16-9-15(13)16)18(17)21(23)26/h3-8,10,13-18H,9H2,1-2H3,(H,22,24)/t10-,13-,14-,15-,16-,17-,18+/m0/s1. The van der Waals surface area contributed by atoms with Crippen LogP contribution in [0, 0.1) is 35.5 Å². The molecule has 1 N–H and O–H groups in total. The lowest BCUT2D eigenvalue weighted by Crippen LogP contribution is -2.46. The second-order valence-electron chi connectivity index (χ2n) is 8.09. The van der Waals surface area contributed by atoms with Crippen LogP contribution < -0.4 is 10.1 Å². The summed E-state index contributed by atoms with van der Waals surface area (Å²) in [5, 5.41) is 2.79. The number of anilines is 1. The largest absolute Gasteiger partial charge is 0.497 e. The molecule has 0 unspecified atom stereocenters. The number of nitrogens with one attached hydrogen (secondary N) is 1. The molecule has 7 atom stereocenters. The molecule has 1 saturated heterocycles. The summed E-state index contributed by atoms with van der Waals surface area (Å²) in [4.78, 5) is 40.0. The zero-order valence-electron chi connectivity index (χ0n) is 15.3. The molecule has 3 amide bonds. The number of carbonyl (C=O) groups excluding carboxylic acids is 3. The van der Waals surface area contributed by atoms with Gasteiger partial charge in [-0.2, -0.15) is 0 Å². The van der Waals surface area contributed by atoms with Crippen LogP contribution >= 0.6 is 0 Å². The minimum Gasteiger partial charge on any atom is -0.497 e.